The molecule has 1 aliphatic carbocycles. The standard InChI is InChI=1S/C61H71NO15/c1-42(2)59(66)75-39-37-73-35-33-71-31-29-69-28-30-70-32-34-72-36-38-74-54(63)17-11-16-52(58(64)65)76-45-20-18-44(19-21-45)61(43-12-7-6-8-13-43)23-22-47-56-55(46-14-9-10-15-50(46)60(56,3)4)48-40-51(62-24-26-68-27-25-62)53(67-5)41-49(48)57(47)77-61/h6-10,12-15,18-23,40-41,52H,1,11,16-17,24-39H2,2-5H3,(H,64,65). The zero-order valence-corrected chi connectivity index (χ0v) is 44.6. The Labute approximate surface area is 450 Å². The molecule has 0 saturated carbocycles. The second-order valence-corrected chi connectivity index (χ2v) is 19.4. The first-order valence-corrected chi connectivity index (χ1v) is 26.4. The fraction of sp³-hybridized carbons (Fsp3) is 0.426. The number of methoxy groups -OCH3 is 1. The highest BCUT2D eigenvalue weighted by Gasteiger charge is 2.44. The Morgan fingerprint density at radius 1 is 0.727 bits per heavy atom. The first kappa shape index (κ1) is 56.4. The van der Waals surface area contributed by atoms with Crippen LogP contribution in [0.3, 0.4) is 0 Å². The van der Waals surface area contributed by atoms with Crippen molar-refractivity contribution in [3.05, 3.63) is 137 Å². The third kappa shape index (κ3) is 13.7. The van der Waals surface area contributed by atoms with Crippen molar-refractivity contribution in [1.29, 1.82) is 0 Å². The molecule has 1 fully saturated rings. The Hall–Kier alpha value is -6.79. The molecule has 0 bridgehead atoms. The van der Waals surface area contributed by atoms with Crippen LogP contribution >= 0.6 is 0 Å². The van der Waals surface area contributed by atoms with E-state index in [0.717, 1.165) is 57.7 Å². The molecule has 2 unspecified atom stereocenters. The van der Waals surface area contributed by atoms with Crippen LogP contribution < -0.4 is 19.1 Å². The van der Waals surface area contributed by atoms with Crippen molar-refractivity contribution in [2.45, 2.75) is 57.2 Å². The molecule has 77 heavy (non-hydrogen) atoms. The van der Waals surface area contributed by atoms with E-state index < -0.39 is 29.6 Å². The minimum Gasteiger partial charge on any atom is -0.495 e. The normalized spacial score (nSPS) is 16.4. The number of nitrogens with zero attached hydrogens (tertiary/aromatic N) is 1. The Morgan fingerprint density at radius 3 is 1.92 bits per heavy atom. The van der Waals surface area contributed by atoms with Gasteiger partial charge in [0.2, 0.25) is 0 Å². The van der Waals surface area contributed by atoms with Gasteiger partial charge in [0.25, 0.3) is 0 Å². The van der Waals surface area contributed by atoms with E-state index in [1.165, 1.54) is 22.3 Å². The van der Waals surface area contributed by atoms with Gasteiger partial charge in [-0.2, -0.15) is 0 Å². The third-order valence-corrected chi connectivity index (χ3v) is 13.9. The summed E-state index contributed by atoms with van der Waals surface area (Å²) < 4.78 is 63.0. The summed E-state index contributed by atoms with van der Waals surface area (Å²) in [5.41, 5.74) is 7.57. The number of anilines is 1. The summed E-state index contributed by atoms with van der Waals surface area (Å²) in [5, 5.41) is 12.2. The van der Waals surface area contributed by atoms with Gasteiger partial charge in [-0.15, -0.1) is 0 Å². The largest absolute Gasteiger partial charge is 0.495 e. The van der Waals surface area contributed by atoms with Gasteiger partial charge in [0.1, 0.15) is 30.5 Å². The first-order valence-electron chi connectivity index (χ1n) is 26.4. The van der Waals surface area contributed by atoms with Crippen molar-refractivity contribution in [1.82, 2.24) is 0 Å². The molecule has 410 valence electrons. The van der Waals surface area contributed by atoms with E-state index in [2.05, 4.69) is 86.0 Å². The molecule has 5 aromatic rings. The number of rotatable bonds is 30. The predicted octanol–water partition coefficient (Wildman–Crippen LogP) is 9.09. The Bertz CT molecular complexity index is 2840. The number of hydrogen-bond donors (Lipinski definition) is 1. The molecule has 8 rings (SSSR count). The minimum atomic E-state index is -1.20. The van der Waals surface area contributed by atoms with E-state index in [9.17, 15) is 19.5 Å². The Kier molecular flexibility index (Phi) is 19.8. The average Bonchev–Trinajstić information content (AvgIpc) is 3.84. The maximum absolute atomic E-state index is 12.5. The number of carbonyl (C=O) groups is 3. The molecule has 0 amide bonds. The zero-order chi connectivity index (χ0) is 54.2. The molecule has 16 heteroatoms. The van der Waals surface area contributed by atoms with E-state index in [0.29, 0.717) is 77.4 Å². The van der Waals surface area contributed by atoms with Crippen LogP contribution in [-0.2, 0) is 63.3 Å². The number of hydrogen-bond acceptors (Lipinski definition) is 15. The summed E-state index contributed by atoms with van der Waals surface area (Å²) in [5.74, 6) is -0.162. The number of esters is 2. The summed E-state index contributed by atoms with van der Waals surface area (Å²) in [6.45, 7) is 16.2. The van der Waals surface area contributed by atoms with E-state index in [-0.39, 0.29) is 51.1 Å². The van der Waals surface area contributed by atoms with Gasteiger partial charge >= 0.3 is 17.9 Å². The Morgan fingerprint density at radius 2 is 1.31 bits per heavy atom. The van der Waals surface area contributed by atoms with Gasteiger partial charge in [0, 0.05) is 52.6 Å². The summed E-state index contributed by atoms with van der Waals surface area (Å²) in [4.78, 5) is 38.6. The molecule has 2 atom stereocenters. The lowest BCUT2D eigenvalue weighted by atomic mass is 9.76. The molecular weight excluding hydrogens is 987 g/mol. The van der Waals surface area contributed by atoms with Gasteiger partial charge < -0.3 is 62.1 Å². The molecule has 2 heterocycles. The molecule has 1 saturated heterocycles. The highest BCUT2D eigenvalue weighted by molar-refractivity contribution is 6.10. The lowest BCUT2D eigenvalue weighted by Crippen LogP contribution is -2.36. The number of carboxylic acids is 1. The van der Waals surface area contributed by atoms with Crippen LogP contribution in [0.5, 0.6) is 17.2 Å². The van der Waals surface area contributed by atoms with Crippen LogP contribution in [0.15, 0.2) is 109 Å². The van der Waals surface area contributed by atoms with Gasteiger partial charge in [0.15, 0.2) is 11.7 Å². The van der Waals surface area contributed by atoms with Crippen LogP contribution in [0, 0.1) is 0 Å². The van der Waals surface area contributed by atoms with Gasteiger partial charge in [-0.05, 0) is 77.7 Å². The maximum atomic E-state index is 12.5. The van der Waals surface area contributed by atoms with Crippen molar-refractivity contribution < 1.29 is 71.6 Å². The highest BCUT2D eigenvalue weighted by atomic mass is 16.6. The second-order valence-electron chi connectivity index (χ2n) is 19.4. The average molecular weight is 1060 g/mol. The number of carbonyl (C=O) groups excluding carboxylic acids is 2. The van der Waals surface area contributed by atoms with E-state index in [4.69, 9.17) is 52.1 Å². The van der Waals surface area contributed by atoms with Gasteiger partial charge in [0.05, 0.1) is 92.1 Å². The molecule has 16 nitrogen and oxygen atoms in total. The highest BCUT2D eigenvalue weighted by Crippen LogP contribution is 2.59. The maximum Gasteiger partial charge on any atom is 0.344 e. The van der Waals surface area contributed by atoms with E-state index >= 15 is 0 Å². The fourth-order valence-corrected chi connectivity index (χ4v) is 10.0. The van der Waals surface area contributed by atoms with Crippen molar-refractivity contribution in [2.75, 3.05) is 118 Å². The zero-order valence-electron chi connectivity index (χ0n) is 44.6. The van der Waals surface area contributed by atoms with Crippen molar-refractivity contribution in [2.24, 2.45) is 0 Å². The van der Waals surface area contributed by atoms with Crippen LogP contribution in [0.25, 0.3) is 28.0 Å². The number of morpholine rings is 1. The van der Waals surface area contributed by atoms with Crippen molar-refractivity contribution in [3.63, 3.8) is 0 Å². The fourth-order valence-electron chi connectivity index (χ4n) is 10.0. The number of fused-ring (bicyclic) bond motifs is 8. The van der Waals surface area contributed by atoms with Gasteiger partial charge in [-0.3, -0.25) is 4.79 Å². The lowest BCUT2D eigenvalue weighted by molar-refractivity contribution is -0.148. The lowest BCUT2D eigenvalue weighted by Gasteiger charge is -2.39. The molecule has 3 aliphatic rings. The molecule has 0 radical (unpaired) electrons. The van der Waals surface area contributed by atoms with Crippen LogP contribution in [-0.4, -0.2) is 142 Å². The van der Waals surface area contributed by atoms with E-state index in [1.54, 1.807) is 26.2 Å². The third-order valence-electron chi connectivity index (χ3n) is 13.9. The number of ether oxygens (including phenoxy) is 11. The summed E-state index contributed by atoms with van der Waals surface area (Å²) >= 11 is 0. The summed E-state index contributed by atoms with van der Waals surface area (Å²) in [6.07, 6.45) is 3.50. The second kappa shape index (κ2) is 27.0. The van der Waals surface area contributed by atoms with Crippen molar-refractivity contribution >= 4 is 40.4 Å². The number of carboxylic acid groups (broad SMARTS) is 1. The minimum absolute atomic E-state index is 0.0229. The van der Waals surface area contributed by atoms with Crippen LogP contribution in [0.1, 0.15) is 67.9 Å². The Balaban J connectivity index is 0.826. The summed E-state index contributed by atoms with van der Waals surface area (Å²) in [7, 11) is 1.71. The smallest absolute Gasteiger partial charge is 0.344 e. The molecular formula is C61H71NO15. The molecule has 0 aromatic heterocycles. The molecule has 5 aromatic carbocycles. The number of aliphatic carboxylic acids is 1. The quantitative estimate of drug-likeness (QED) is 0.0262. The number of benzene rings is 5. The van der Waals surface area contributed by atoms with Crippen LogP contribution in [0.4, 0.5) is 5.69 Å². The predicted molar refractivity (Wildman–Crippen MR) is 291 cm³/mol. The van der Waals surface area contributed by atoms with Crippen molar-refractivity contribution in [3.8, 4) is 28.4 Å². The summed E-state index contributed by atoms with van der Waals surface area (Å²) in [6, 6.07) is 30.5. The first-order chi connectivity index (χ1) is 37.4. The molecule has 0 spiro atoms. The van der Waals surface area contributed by atoms with Gasteiger partial charge in [-0.1, -0.05) is 93.2 Å². The van der Waals surface area contributed by atoms with Gasteiger partial charge in [-0.25, -0.2) is 9.59 Å². The monoisotopic (exact) mass is 1060 g/mol. The van der Waals surface area contributed by atoms with Crippen LogP contribution in [0.2, 0.25) is 0 Å². The molecule has 2 aliphatic heterocycles. The SMILES string of the molecule is C=C(C)C(=O)OCCOCCOCCOCCOCCOCCOC(=O)CCCC(Oc1ccc(C2(c3ccccc3)C=Cc3c4c(c5cc(N6CCOCC6)c(OC)cc5c3O2)-c2ccccc2C4(C)C)cc1)C(=O)O. The van der Waals surface area contributed by atoms with E-state index in [1.807, 2.05) is 30.3 Å². The topological polar surface area (TPSA) is 176 Å². The molecule has 1 N–H and O–H groups in total.